The smallest absolute Gasteiger partial charge is 0.197 e. The van der Waals surface area contributed by atoms with Crippen molar-refractivity contribution in [2.24, 2.45) is 0 Å². The lowest BCUT2D eigenvalue weighted by Crippen LogP contribution is -2.40. The first kappa shape index (κ1) is 12.3. The second-order valence-corrected chi connectivity index (χ2v) is 5.72. The van der Waals surface area contributed by atoms with Gasteiger partial charge in [-0.15, -0.1) is 0 Å². The summed E-state index contributed by atoms with van der Waals surface area (Å²) < 4.78 is 2.40. The second kappa shape index (κ2) is 4.85. The summed E-state index contributed by atoms with van der Waals surface area (Å²) in [6.07, 6.45) is 3.43. The topological polar surface area (TPSA) is 3.88 Å². The maximum absolute atomic E-state index is 2.40. The van der Waals surface area contributed by atoms with Gasteiger partial charge in [-0.2, -0.15) is 4.57 Å². The highest BCUT2D eigenvalue weighted by Gasteiger charge is 2.23. The van der Waals surface area contributed by atoms with Crippen LogP contribution in [-0.2, 0) is 13.0 Å². The minimum Gasteiger partial charge on any atom is -0.197 e. The van der Waals surface area contributed by atoms with Crippen LogP contribution in [0, 0.1) is 6.92 Å². The van der Waals surface area contributed by atoms with Crippen LogP contribution in [0.2, 0.25) is 0 Å². The molecule has 0 atom stereocenters. The number of hydrogen-bond acceptors (Lipinski definition) is 0. The zero-order valence-electron chi connectivity index (χ0n) is 12.2. The lowest BCUT2D eigenvalue weighted by molar-refractivity contribution is -0.687. The molecule has 1 heteroatoms. The monoisotopic (exact) mass is 272 g/mol. The summed E-state index contributed by atoms with van der Waals surface area (Å²) in [6, 6.07) is 21.7. The highest BCUT2D eigenvalue weighted by atomic mass is 15.0. The molecule has 102 valence electrons. The molecule has 0 saturated heterocycles. The van der Waals surface area contributed by atoms with Gasteiger partial charge in [0, 0.05) is 23.6 Å². The summed E-state index contributed by atoms with van der Waals surface area (Å²) in [6.45, 7) is 3.27. The standard InChI is InChI=1S/C20H18N/c1-15-13-20-18-10-6-5-9-17(18)11-12-21(20)14-19(15)16-7-3-2-4-8-16/h2-10,13-14H,11-12H2,1H3/q+1. The zero-order valence-corrected chi connectivity index (χ0v) is 12.2. The molecule has 0 aliphatic carbocycles. The van der Waals surface area contributed by atoms with Gasteiger partial charge in [0.2, 0.25) is 5.69 Å². The first-order valence-corrected chi connectivity index (χ1v) is 7.51. The van der Waals surface area contributed by atoms with Crippen molar-refractivity contribution < 1.29 is 4.57 Å². The molecule has 0 fully saturated rings. The van der Waals surface area contributed by atoms with E-state index in [1.54, 1.807) is 0 Å². The highest BCUT2D eigenvalue weighted by molar-refractivity contribution is 5.69. The van der Waals surface area contributed by atoms with E-state index in [1.165, 1.54) is 33.5 Å². The van der Waals surface area contributed by atoms with E-state index in [4.69, 9.17) is 0 Å². The number of rotatable bonds is 1. The Morgan fingerprint density at radius 2 is 1.62 bits per heavy atom. The van der Waals surface area contributed by atoms with Gasteiger partial charge in [-0.25, -0.2) is 0 Å². The van der Waals surface area contributed by atoms with Crippen LogP contribution in [0.15, 0.2) is 66.9 Å². The van der Waals surface area contributed by atoms with Crippen molar-refractivity contribution in [1.29, 1.82) is 0 Å². The molecule has 4 rings (SSSR count). The molecule has 1 nitrogen and oxygen atoms in total. The molecule has 0 radical (unpaired) electrons. The van der Waals surface area contributed by atoms with E-state index in [-0.39, 0.29) is 0 Å². The Labute approximate surface area is 125 Å². The molecule has 0 amide bonds. The Balaban J connectivity index is 1.91. The quantitative estimate of drug-likeness (QED) is 0.585. The Hall–Kier alpha value is -2.41. The lowest BCUT2D eigenvalue weighted by atomic mass is 9.94. The van der Waals surface area contributed by atoms with Crippen LogP contribution in [0.1, 0.15) is 11.1 Å². The van der Waals surface area contributed by atoms with Crippen molar-refractivity contribution >= 4 is 0 Å². The summed E-state index contributed by atoms with van der Waals surface area (Å²) in [5.41, 5.74) is 8.15. The first-order chi connectivity index (χ1) is 10.3. The molecule has 0 unspecified atom stereocenters. The summed E-state index contributed by atoms with van der Waals surface area (Å²) in [4.78, 5) is 0. The Morgan fingerprint density at radius 1 is 0.857 bits per heavy atom. The summed E-state index contributed by atoms with van der Waals surface area (Å²) >= 11 is 0. The fourth-order valence-electron chi connectivity index (χ4n) is 3.26. The first-order valence-electron chi connectivity index (χ1n) is 7.51. The van der Waals surface area contributed by atoms with Crippen molar-refractivity contribution in [3.63, 3.8) is 0 Å². The lowest BCUT2D eigenvalue weighted by Gasteiger charge is -2.16. The van der Waals surface area contributed by atoms with Gasteiger partial charge < -0.3 is 0 Å². The van der Waals surface area contributed by atoms with Crippen LogP contribution in [0.5, 0.6) is 0 Å². The van der Waals surface area contributed by atoms with Gasteiger partial charge >= 0.3 is 0 Å². The number of aromatic nitrogens is 1. The maximum Gasteiger partial charge on any atom is 0.213 e. The summed E-state index contributed by atoms with van der Waals surface area (Å²) in [5.74, 6) is 0. The molecule has 0 N–H and O–H groups in total. The molecule has 2 aromatic carbocycles. The number of benzene rings is 2. The average molecular weight is 272 g/mol. The largest absolute Gasteiger partial charge is 0.213 e. The van der Waals surface area contributed by atoms with Gasteiger partial charge in [0.05, 0.1) is 0 Å². The Kier molecular flexibility index (Phi) is 2.85. The Bertz CT molecular complexity index is 803. The highest BCUT2D eigenvalue weighted by Crippen LogP contribution is 2.29. The predicted molar refractivity (Wildman–Crippen MR) is 86.0 cm³/mol. The van der Waals surface area contributed by atoms with Crippen molar-refractivity contribution in [3.05, 3.63) is 78.0 Å². The van der Waals surface area contributed by atoms with Gasteiger partial charge in [-0.1, -0.05) is 48.5 Å². The fourth-order valence-corrected chi connectivity index (χ4v) is 3.26. The summed E-state index contributed by atoms with van der Waals surface area (Å²) in [5, 5.41) is 0. The molecular formula is C20H18N+. The van der Waals surface area contributed by atoms with Crippen LogP contribution in [0.4, 0.5) is 0 Å². The molecule has 0 bridgehead atoms. The van der Waals surface area contributed by atoms with E-state index in [1.807, 2.05) is 0 Å². The van der Waals surface area contributed by atoms with E-state index in [0.29, 0.717) is 0 Å². The minimum atomic E-state index is 1.06. The van der Waals surface area contributed by atoms with Gasteiger partial charge in [0.1, 0.15) is 0 Å². The van der Waals surface area contributed by atoms with E-state index in [0.717, 1.165) is 13.0 Å². The van der Waals surface area contributed by atoms with Crippen molar-refractivity contribution in [2.75, 3.05) is 0 Å². The molecule has 0 spiro atoms. The Morgan fingerprint density at radius 3 is 2.48 bits per heavy atom. The number of nitrogens with zero attached hydrogens (tertiary/aromatic N) is 1. The van der Waals surface area contributed by atoms with E-state index in [2.05, 4.69) is 78.4 Å². The number of aryl methyl sites for hydroxylation is 3. The van der Waals surface area contributed by atoms with Gasteiger partial charge in [0.25, 0.3) is 0 Å². The van der Waals surface area contributed by atoms with E-state index < -0.39 is 0 Å². The number of pyridine rings is 1. The SMILES string of the molecule is Cc1cc2[n+](cc1-c1ccccc1)CCc1ccccc1-2. The van der Waals surface area contributed by atoms with Gasteiger partial charge in [0.15, 0.2) is 12.7 Å². The predicted octanol–water partition coefficient (Wildman–Crippen LogP) is 4.17. The van der Waals surface area contributed by atoms with Gasteiger partial charge in [-0.05, 0) is 29.7 Å². The average Bonchev–Trinajstić information content (AvgIpc) is 2.55. The normalized spacial score (nSPS) is 12.6. The number of fused-ring (bicyclic) bond motifs is 3. The van der Waals surface area contributed by atoms with Crippen LogP contribution >= 0.6 is 0 Å². The maximum atomic E-state index is 2.40. The fraction of sp³-hybridized carbons (Fsp3) is 0.150. The van der Waals surface area contributed by atoms with Crippen LogP contribution in [0.25, 0.3) is 22.4 Å². The van der Waals surface area contributed by atoms with Crippen LogP contribution in [0.3, 0.4) is 0 Å². The molecule has 2 heterocycles. The molecule has 21 heavy (non-hydrogen) atoms. The summed E-state index contributed by atoms with van der Waals surface area (Å²) in [7, 11) is 0. The third-order valence-electron chi connectivity index (χ3n) is 4.37. The second-order valence-electron chi connectivity index (χ2n) is 5.72. The third kappa shape index (κ3) is 2.06. The molecule has 1 aromatic heterocycles. The molecule has 3 aromatic rings. The molecular weight excluding hydrogens is 254 g/mol. The number of hydrogen-bond donors (Lipinski definition) is 0. The van der Waals surface area contributed by atoms with Crippen LogP contribution < -0.4 is 4.57 Å². The molecule has 1 aliphatic heterocycles. The van der Waals surface area contributed by atoms with Crippen molar-refractivity contribution in [1.82, 2.24) is 0 Å². The minimum absolute atomic E-state index is 1.06. The third-order valence-corrected chi connectivity index (χ3v) is 4.37. The van der Waals surface area contributed by atoms with E-state index >= 15 is 0 Å². The van der Waals surface area contributed by atoms with Gasteiger partial charge in [-0.3, -0.25) is 0 Å². The zero-order chi connectivity index (χ0) is 14.2. The van der Waals surface area contributed by atoms with Crippen LogP contribution in [-0.4, -0.2) is 0 Å². The van der Waals surface area contributed by atoms with Crippen molar-refractivity contribution in [2.45, 2.75) is 19.9 Å². The van der Waals surface area contributed by atoms with E-state index in [9.17, 15) is 0 Å². The molecule has 0 saturated carbocycles. The molecule has 1 aliphatic rings. The van der Waals surface area contributed by atoms with Crippen molar-refractivity contribution in [3.8, 4) is 22.4 Å².